The minimum absolute atomic E-state index is 0.258. The van der Waals surface area contributed by atoms with Gasteiger partial charge in [0.2, 0.25) is 0 Å². The maximum absolute atomic E-state index is 10.0. The van der Waals surface area contributed by atoms with Crippen molar-refractivity contribution in [2.24, 2.45) is 0 Å². The molecule has 0 aliphatic heterocycles. The van der Waals surface area contributed by atoms with E-state index in [1.54, 1.807) is 6.07 Å². The summed E-state index contributed by atoms with van der Waals surface area (Å²) in [4.78, 5) is 0. The predicted molar refractivity (Wildman–Crippen MR) is 56.9 cm³/mol. The van der Waals surface area contributed by atoms with Gasteiger partial charge in [-0.05, 0) is 11.6 Å². The number of hydrogen-bond donors (Lipinski definition) is 2. The summed E-state index contributed by atoms with van der Waals surface area (Å²) in [5, 5.41) is 17.4. The lowest BCUT2D eigenvalue weighted by atomic mass is 10.0. The van der Waals surface area contributed by atoms with Gasteiger partial charge in [-0.25, -0.2) is 0 Å². The fourth-order valence-electron chi connectivity index (χ4n) is 1.40. The van der Waals surface area contributed by atoms with Crippen LogP contribution in [0.4, 0.5) is 5.82 Å². The van der Waals surface area contributed by atoms with Gasteiger partial charge < -0.3 is 10.8 Å². The van der Waals surface area contributed by atoms with Gasteiger partial charge in [0.15, 0.2) is 5.82 Å². The lowest BCUT2D eigenvalue weighted by Crippen LogP contribution is -2.05. The van der Waals surface area contributed by atoms with E-state index in [9.17, 15) is 5.11 Å². The molecule has 1 aromatic carbocycles. The molecule has 0 aliphatic rings. The standard InChI is InChI=1S/C11H11N3O/c12-11-9(6-7-13-14-11)10(15)8-4-2-1-3-5-8/h1-7,10,15H,(H2,12,14). The van der Waals surface area contributed by atoms with E-state index in [0.717, 1.165) is 5.56 Å². The molecule has 0 aliphatic carbocycles. The van der Waals surface area contributed by atoms with Crippen LogP contribution in [0, 0.1) is 0 Å². The Bertz CT molecular complexity index is 445. The highest BCUT2D eigenvalue weighted by Gasteiger charge is 2.13. The van der Waals surface area contributed by atoms with Gasteiger partial charge in [-0.15, -0.1) is 5.10 Å². The van der Waals surface area contributed by atoms with Crippen molar-refractivity contribution in [2.75, 3.05) is 5.73 Å². The second kappa shape index (κ2) is 4.06. The van der Waals surface area contributed by atoms with Gasteiger partial charge in [0.1, 0.15) is 6.10 Å². The van der Waals surface area contributed by atoms with Gasteiger partial charge in [0.25, 0.3) is 0 Å². The van der Waals surface area contributed by atoms with Crippen molar-refractivity contribution < 1.29 is 5.11 Å². The van der Waals surface area contributed by atoms with E-state index in [2.05, 4.69) is 10.2 Å². The largest absolute Gasteiger partial charge is 0.384 e. The average Bonchev–Trinajstić information content (AvgIpc) is 2.30. The number of nitrogen functional groups attached to an aromatic ring is 1. The first-order valence-corrected chi connectivity index (χ1v) is 4.59. The monoisotopic (exact) mass is 201 g/mol. The first-order chi connectivity index (χ1) is 7.29. The first kappa shape index (κ1) is 9.61. The van der Waals surface area contributed by atoms with Crippen LogP contribution in [0.15, 0.2) is 42.6 Å². The molecule has 76 valence electrons. The molecular weight excluding hydrogens is 190 g/mol. The summed E-state index contributed by atoms with van der Waals surface area (Å²) in [5.41, 5.74) is 6.99. The molecule has 2 rings (SSSR count). The minimum Gasteiger partial charge on any atom is -0.384 e. The van der Waals surface area contributed by atoms with E-state index in [0.29, 0.717) is 5.56 Å². The van der Waals surface area contributed by atoms with Crippen LogP contribution in [0.5, 0.6) is 0 Å². The summed E-state index contributed by atoms with van der Waals surface area (Å²) < 4.78 is 0. The number of benzene rings is 1. The Morgan fingerprint density at radius 1 is 1.13 bits per heavy atom. The Kier molecular flexibility index (Phi) is 2.60. The summed E-state index contributed by atoms with van der Waals surface area (Å²) in [6.45, 7) is 0. The van der Waals surface area contributed by atoms with Crippen molar-refractivity contribution in [1.82, 2.24) is 10.2 Å². The number of rotatable bonds is 2. The van der Waals surface area contributed by atoms with E-state index in [-0.39, 0.29) is 5.82 Å². The molecule has 1 heterocycles. The predicted octanol–water partition coefficient (Wildman–Crippen LogP) is 1.14. The minimum atomic E-state index is -0.748. The van der Waals surface area contributed by atoms with E-state index >= 15 is 0 Å². The summed E-state index contributed by atoms with van der Waals surface area (Å²) in [6, 6.07) is 11.0. The zero-order valence-electron chi connectivity index (χ0n) is 8.04. The maximum Gasteiger partial charge on any atom is 0.152 e. The number of hydrogen-bond acceptors (Lipinski definition) is 4. The Labute approximate surface area is 87.4 Å². The first-order valence-electron chi connectivity index (χ1n) is 4.59. The number of aliphatic hydroxyl groups is 1. The lowest BCUT2D eigenvalue weighted by molar-refractivity contribution is 0.220. The molecule has 4 heteroatoms. The summed E-state index contributed by atoms with van der Waals surface area (Å²) in [6.07, 6.45) is 0.763. The molecule has 0 spiro atoms. The van der Waals surface area contributed by atoms with Crippen LogP contribution in [-0.2, 0) is 0 Å². The van der Waals surface area contributed by atoms with Gasteiger partial charge in [0.05, 0.1) is 6.20 Å². The Hall–Kier alpha value is -1.94. The van der Waals surface area contributed by atoms with E-state index in [1.165, 1.54) is 6.20 Å². The van der Waals surface area contributed by atoms with Crippen LogP contribution < -0.4 is 5.73 Å². The summed E-state index contributed by atoms with van der Waals surface area (Å²) in [5.74, 6) is 0.258. The molecule has 0 saturated carbocycles. The Morgan fingerprint density at radius 2 is 1.87 bits per heavy atom. The Balaban J connectivity index is 2.37. The molecule has 3 N–H and O–H groups in total. The molecule has 0 radical (unpaired) electrons. The fourth-order valence-corrected chi connectivity index (χ4v) is 1.40. The van der Waals surface area contributed by atoms with Gasteiger partial charge in [-0.1, -0.05) is 30.3 Å². The van der Waals surface area contributed by atoms with Crippen LogP contribution in [0.3, 0.4) is 0 Å². The summed E-state index contributed by atoms with van der Waals surface area (Å²) in [7, 11) is 0. The van der Waals surface area contributed by atoms with Crippen LogP contribution in [0.25, 0.3) is 0 Å². The van der Waals surface area contributed by atoms with Gasteiger partial charge in [0, 0.05) is 5.56 Å². The number of aromatic nitrogens is 2. The third-order valence-corrected chi connectivity index (χ3v) is 2.19. The molecule has 0 bridgehead atoms. The molecule has 0 fully saturated rings. The van der Waals surface area contributed by atoms with Crippen molar-refractivity contribution in [3.8, 4) is 0 Å². The SMILES string of the molecule is Nc1nnccc1C(O)c1ccccc1. The molecule has 1 aromatic heterocycles. The molecule has 0 saturated heterocycles. The van der Waals surface area contributed by atoms with E-state index in [4.69, 9.17) is 5.73 Å². The Morgan fingerprint density at radius 3 is 2.53 bits per heavy atom. The van der Waals surface area contributed by atoms with Crippen LogP contribution >= 0.6 is 0 Å². The van der Waals surface area contributed by atoms with Gasteiger partial charge in [-0.3, -0.25) is 0 Å². The maximum atomic E-state index is 10.0. The van der Waals surface area contributed by atoms with Crippen LogP contribution in [-0.4, -0.2) is 15.3 Å². The fraction of sp³-hybridized carbons (Fsp3) is 0.0909. The van der Waals surface area contributed by atoms with Crippen LogP contribution in [0.1, 0.15) is 17.2 Å². The summed E-state index contributed by atoms with van der Waals surface area (Å²) >= 11 is 0. The van der Waals surface area contributed by atoms with Gasteiger partial charge in [-0.2, -0.15) is 5.10 Å². The molecule has 4 nitrogen and oxygen atoms in total. The van der Waals surface area contributed by atoms with Crippen molar-refractivity contribution >= 4 is 5.82 Å². The second-order valence-corrected chi connectivity index (χ2v) is 3.19. The third kappa shape index (κ3) is 1.94. The van der Waals surface area contributed by atoms with E-state index < -0.39 is 6.10 Å². The average molecular weight is 201 g/mol. The third-order valence-electron chi connectivity index (χ3n) is 2.19. The molecule has 1 unspecified atom stereocenters. The topological polar surface area (TPSA) is 72.0 Å². The van der Waals surface area contributed by atoms with Gasteiger partial charge >= 0.3 is 0 Å². The smallest absolute Gasteiger partial charge is 0.152 e. The number of nitrogens with zero attached hydrogens (tertiary/aromatic N) is 2. The lowest BCUT2D eigenvalue weighted by Gasteiger charge is -2.11. The van der Waals surface area contributed by atoms with Crippen molar-refractivity contribution in [3.05, 3.63) is 53.7 Å². The second-order valence-electron chi connectivity index (χ2n) is 3.19. The highest BCUT2D eigenvalue weighted by Crippen LogP contribution is 2.23. The number of aliphatic hydroxyl groups excluding tert-OH is 1. The molecule has 0 amide bonds. The number of anilines is 1. The normalized spacial score (nSPS) is 12.3. The highest BCUT2D eigenvalue weighted by molar-refractivity contribution is 5.42. The van der Waals surface area contributed by atoms with Crippen molar-refractivity contribution in [2.45, 2.75) is 6.10 Å². The quantitative estimate of drug-likeness (QED) is 0.764. The van der Waals surface area contributed by atoms with Crippen molar-refractivity contribution in [1.29, 1.82) is 0 Å². The zero-order chi connectivity index (χ0) is 10.7. The molecule has 2 aromatic rings. The van der Waals surface area contributed by atoms with Crippen LogP contribution in [0.2, 0.25) is 0 Å². The molecule has 1 atom stereocenters. The molecule has 15 heavy (non-hydrogen) atoms. The highest BCUT2D eigenvalue weighted by atomic mass is 16.3. The van der Waals surface area contributed by atoms with Crippen molar-refractivity contribution in [3.63, 3.8) is 0 Å². The molecular formula is C11H11N3O. The number of nitrogens with two attached hydrogens (primary N) is 1. The zero-order valence-corrected chi connectivity index (χ0v) is 8.04. The van der Waals surface area contributed by atoms with E-state index in [1.807, 2.05) is 30.3 Å².